The highest BCUT2D eigenvalue weighted by atomic mass is 35.5. The third-order valence-corrected chi connectivity index (χ3v) is 4.62. The molecule has 0 aliphatic heterocycles. The van der Waals surface area contributed by atoms with Gasteiger partial charge in [0.15, 0.2) is 10.6 Å². The fourth-order valence-electron chi connectivity index (χ4n) is 2.68. The van der Waals surface area contributed by atoms with Crippen molar-refractivity contribution in [2.45, 2.75) is 26.8 Å². The van der Waals surface area contributed by atoms with Crippen LogP contribution < -0.4 is 5.32 Å². The molecule has 0 saturated carbocycles. The highest BCUT2D eigenvalue weighted by Crippen LogP contribution is 2.21. The normalized spacial score (nSPS) is 10.7. The third-order valence-electron chi connectivity index (χ3n) is 4.07. The van der Waals surface area contributed by atoms with Crippen LogP contribution in [0.3, 0.4) is 0 Å². The molecule has 3 rings (SSSR count). The first-order chi connectivity index (χ1) is 12.4. The summed E-state index contributed by atoms with van der Waals surface area (Å²) in [5, 5.41) is 10.6. The zero-order valence-corrected chi connectivity index (χ0v) is 16.1. The molecule has 0 radical (unpaired) electrons. The average molecular weight is 387 g/mol. The van der Waals surface area contributed by atoms with Gasteiger partial charge in [-0.2, -0.15) is 5.10 Å². The zero-order chi connectivity index (χ0) is 18.7. The summed E-state index contributed by atoms with van der Waals surface area (Å²) in [7, 11) is 0. The van der Waals surface area contributed by atoms with Crippen LogP contribution in [-0.4, -0.2) is 20.7 Å². The van der Waals surface area contributed by atoms with Crippen LogP contribution >= 0.6 is 23.8 Å². The van der Waals surface area contributed by atoms with Crippen molar-refractivity contribution in [1.29, 1.82) is 0 Å². The third kappa shape index (κ3) is 4.20. The first-order valence-electron chi connectivity index (χ1n) is 8.22. The maximum absolute atomic E-state index is 12.4. The standard InChI is InChI=1S/C19H19ClN4OS/c1-12-4-3-5-14(10-12)18-22-23-19(26)24(18)9-8-17(25)21-16-11-15(20)7-6-13(16)2/h3-7,10-11H,8-9H2,1-2H3,(H,21,25)(H,23,26). The molecule has 2 aromatic carbocycles. The van der Waals surface area contributed by atoms with Crippen LogP contribution in [0.5, 0.6) is 0 Å². The number of nitrogens with one attached hydrogen (secondary N) is 2. The zero-order valence-electron chi connectivity index (χ0n) is 14.5. The lowest BCUT2D eigenvalue weighted by atomic mass is 10.1. The van der Waals surface area contributed by atoms with E-state index in [1.54, 1.807) is 12.1 Å². The molecule has 5 nitrogen and oxygen atoms in total. The molecule has 1 aromatic heterocycles. The maximum atomic E-state index is 12.4. The van der Waals surface area contributed by atoms with Gasteiger partial charge in [-0.1, -0.05) is 41.4 Å². The second-order valence-corrected chi connectivity index (χ2v) is 6.95. The lowest BCUT2D eigenvalue weighted by Crippen LogP contribution is -2.15. The lowest BCUT2D eigenvalue weighted by Gasteiger charge is -2.10. The van der Waals surface area contributed by atoms with E-state index in [1.807, 2.05) is 48.7 Å². The van der Waals surface area contributed by atoms with Crippen molar-refractivity contribution in [3.05, 3.63) is 63.4 Å². The molecule has 0 bridgehead atoms. The number of benzene rings is 2. The van der Waals surface area contributed by atoms with Crippen LogP contribution in [0.1, 0.15) is 17.5 Å². The van der Waals surface area contributed by atoms with E-state index in [0.29, 0.717) is 16.3 Å². The first kappa shape index (κ1) is 18.4. The number of aromatic amines is 1. The van der Waals surface area contributed by atoms with Gasteiger partial charge in [-0.05, 0) is 49.8 Å². The van der Waals surface area contributed by atoms with Crippen molar-refractivity contribution in [3.63, 3.8) is 0 Å². The molecule has 1 heterocycles. The summed E-state index contributed by atoms with van der Waals surface area (Å²) in [6.07, 6.45) is 0.276. The SMILES string of the molecule is Cc1cccc(-c2n[nH]c(=S)n2CCC(=O)Nc2cc(Cl)ccc2C)c1. The molecule has 26 heavy (non-hydrogen) atoms. The Morgan fingerprint density at radius 3 is 2.85 bits per heavy atom. The van der Waals surface area contributed by atoms with Crippen molar-refractivity contribution in [2.24, 2.45) is 0 Å². The molecular formula is C19H19ClN4OS. The minimum absolute atomic E-state index is 0.103. The van der Waals surface area contributed by atoms with Gasteiger partial charge in [0, 0.05) is 29.2 Å². The van der Waals surface area contributed by atoms with E-state index in [4.69, 9.17) is 23.8 Å². The Bertz CT molecular complexity index is 1010. The highest BCUT2D eigenvalue weighted by molar-refractivity contribution is 7.71. The molecule has 3 aromatic rings. The summed E-state index contributed by atoms with van der Waals surface area (Å²) < 4.78 is 2.34. The number of aromatic nitrogens is 3. The van der Waals surface area contributed by atoms with E-state index in [2.05, 4.69) is 15.5 Å². The molecule has 0 unspecified atom stereocenters. The van der Waals surface area contributed by atoms with Gasteiger partial charge < -0.3 is 5.32 Å². The minimum atomic E-state index is -0.103. The number of amides is 1. The van der Waals surface area contributed by atoms with E-state index >= 15 is 0 Å². The summed E-state index contributed by atoms with van der Waals surface area (Å²) in [5.74, 6) is 0.624. The average Bonchev–Trinajstić information content (AvgIpc) is 2.97. The van der Waals surface area contributed by atoms with Crippen molar-refractivity contribution < 1.29 is 4.79 Å². The van der Waals surface area contributed by atoms with Crippen LogP contribution in [0.25, 0.3) is 11.4 Å². The number of hydrogen-bond donors (Lipinski definition) is 2. The predicted molar refractivity (Wildman–Crippen MR) is 107 cm³/mol. The molecular weight excluding hydrogens is 368 g/mol. The second kappa shape index (κ2) is 7.85. The molecule has 1 amide bonds. The Kier molecular flexibility index (Phi) is 5.54. The summed E-state index contributed by atoms with van der Waals surface area (Å²) in [4.78, 5) is 12.4. The minimum Gasteiger partial charge on any atom is -0.326 e. The van der Waals surface area contributed by atoms with Gasteiger partial charge in [0.1, 0.15) is 0 Å². The van der Waals surface area contributed by atoms with Gasteiger partial charge in [0.25, 0.3) is 0 Å². The number of H-pyrrole nitrogens is 1. The molecule has 2 N–H and O–H groups in total. The number of anilines is 1. The number of halogens is 1. The fourth-order valence-corrected chi connectivity index (χ4v) is 3.08. The molecule has 0 aliphatic carbocycles. The smallest absolute Gasteiger partial charge is 0.226 e. The van der Waals surface area contributed by atoms with E-state index < -0.39 is 0 Å². The Balaban J connectivity index is 1.74. The molecule has 0 atom stereocenters. The number of hydrogen-bond acceptors (Lipinski definition) is 3. The van der Waals surface area contributed by atoms with Gasteiger partial charge in [-0.25, -0.2) is 0 Å². The van der Waals surface area contributed by atoms with E-state index in [9.17, 15) is 4.79 Å². The van der Waals surface area contributed by atoms with Gasteiger partial charge in [0.05, 0.1) is 0 Å². The largest absolute Gasteiger partial charge is 0.326 e. The van der Waals surface area contributed by atoms with Gasteiger partial charge >= 0.3 is 0 Å². The summed E-state index contributed by atoms with van der Waals surface area (Å²) >= 11 is 11.3. The molecule has 0 aliphatic rings. The fraction of sp³-hybridized carbons (Fsp3) is 0.211. The summed E-state index contributed by atoms with van der Waals surface area (Å²) in [6, 6.07) is 13.4. The predicted octanol–water partition coefficient (Wildman–Crippen LogP) is 4.91. The van der Waals surface area contributed by atoms with Crippen molar-refractivity contribution >= 4 is 35.4 Å². The van der Waals surface area contributed by atoms with E-state index in [0.717, 1.165) is 28.2 Å². The molecule has 7 heteroatoms. The Morgan fingerprint density at radius 1 is 1.27 bits per heavy atom. The maximum Gasteiger partial charge on any atom is 0.226 e. The summed E-state index contributed by atoms with van der Waals surface area (Å²) in [6.45, 7) is 4.38. The number of carbonyl (C=O) groups is 1. The van der Waals surface area contributed by atoms with Crippen LogP contribution in [0.15, 0.2) is 42.5 Å². The second-order valence-electron chi connectivity index (χ2n) is 6.13. The van der Waals surface area contributed by atoms with Gasteiger partial charge in [-0.3, -0.25) is 14.5 Å². The Labute approximate surface area is 162 Å². The topological polar surface area (TPSA) is 62.7 Å². The number of rotatable bonds is 5. The molecule has 134 valence electrons. The monoisotopic (exact) mass is 386 g/mol. The first-order valence-corrected chi connectivity index (χ1v) is 9.01. The van der Waals surface area contributed by atoms with Crippen molar-refractivity contribution in [1.82, 2.24) is 14.8 Å². The van der Waals surface area contributed by atoms with Crippen molar-refractivity contribution in [3.8, 4) is 11.4 Å². The van der Waals surface area contributed by atoms with E-state index in [1.165, 1.54) is 0 Å². The van der Waals surface area contributed by atoms with Gasteiger partial charge in [-0.15, -0.1) is 0 Å². The Morgan fingerprint density at radius 2 is 2.08 bits per heavy atom. The Hall–Kier alpha value is -2.44. The van der Waals surface area contributed by atoms with Crippen LogP contribution in [0, 0.1) is 18.6 Å². The van der Waals surface area contributed by atoms with E-state index in [-0.39, 0.29) is 12.3 Å². The quantitative estimate of drug-likeness (QED) is 0.612. The molecule has 0 saturated heterocycles. The highest BCUT2D eigenvalue weighted by Gasteiger charge is 2.12. The van der Waals surface area contributed by atoms with Gasteiger partial charge in [0.2, 0.25) is 5.91 Å². The van der Waals surface area contributed by atoms with Crippen LogP contribution in [0.4, 0.5) is 5.69 Å². The number of carbonyl (C=O) groups excluding carboxylic acids is 1. The number of aryl methyl sites for hydroxylation is 2. The van der Waals surface area contributed by atoms with Crippen molar-refractivity contribution in [2.75, 3.05) is 5.32 Å². The molecule has 0 spiro atoms. The summed E-state index contributed by atoms with van der Waals surface area (Å²) in [5.41, 5.74) is 3.78. The van der Waals surface area contributed by atoms with Crippen LogP contribution in [0.2, 0.25) is 5.02 Å². The number of nitrogens with zero attached hydrogens (tertiary/aromatic N) is 2. The van der Waals surface area contributed by atoms with Crippen LogP contribution in [-0.2, 0) is 11.3 Å². The lowest BCUT2D eigenvalue weighted by molar-refractivity contribution is -0.116. The molecule has 0 fully saturated rings.